The molecule has 0 amide bonds. The van der Waals surface area contributed by atoms with E-state index in [4.69, 9.17) is 10.5 Å². The second-order valence-corrected chi connectivity index (χ2v) is 4.81. The third kappa shape index (κ3) is 3.08. The van der Waals surface area contributed by atoms with Crippen LogP contribution >= 0.6 is 0 Å². The lowest BCUT2D eigenvalue weighted by Gasteiger charge is -2.31. The second kappa shape index (κ2) is 6.39. The summed E-state index contributed by atoms with van der Waals surface area (Å²) >= 11 is 0. The van der Waals surface area contributed by atoms with Crippen LogP contribution in [0, 0.1) is 0 Å². The molecule has 1 unspecified atom stereocenters. The number of ether oxygens (including phenoxy) is 1. The van der Waals surface area contributed by atoms with Crippen molar-refractivity contribution in [3.05, 3.63) is 54.2 Å². The third-order valence-electron chi connectivity index (χ3n) is 3.28. The van der Waals surface area contributed by atoms with Crippen molar-refractivity contribution in [1.29, 1.82) is 0 Å². The van der Waals surface area contributed by atoms with E-state index in [2.05, 4.69) is 29.4 Å². The van der Waals surface area contributed by atoms with E-state index in [9.17, 15) is 0 Å². The number of benzene rings is 1. The molecule has 0 saturated carbocycles. The molecule has 1 aromatic carbocycles. The van der Waals surface area contributed by atoms with Gasteiger partial charge in [-0.1, -0.05) is 30.3 Å². The molecule has 4 nitrogen and oxygen atoms in total. The Balaban J connectivity index is 2.31. The normalized spacial score (nSPS) is 13.6. The maximum absolute atomic E-state index is 5.98. The third-order valence-corrected chi connectivity index (χ3v) is 3.28. The van der Waals surface area contributed by atoms with Crippen LogP contribution in [0.25, 0.3) is 0 Å². The van der Waals surface area contributed by atoms with Gasteiger partial charge in [0.25, 0.3) is 0 Å². The molecule has 20 heavy (non-hydrogen) atoms. The van der Waals surface area contributed by atoms with Gasteiger partial charge < -0.3 is 15.8 Å². The monoisotopic (exact) mass is 271 g/mol. The van der Waals surface area contributed by atoms with Crippen LogP contribution in [0.5, 0.6) is 5.75 Å². The predicted octanol–water partition coefficient (Wildman–Crippen LogP) is 2.77. The Morgan fingerprint density at radius 1 is 1.20 bits per heavy atom. The van der Waals surface area contributed by atoms with Gasteiger partial charge in [0.05, 0.1) is 12.1 Å². The van der Waals surface area contributed by atoms with E-state index in [1.807, 2.05) is 37.3 Å². The van der Waals surface area contributed by atoms with E-state index in [1.54, 1.807) is 6.20 Å². The van der Waals surface area contributed by atoms with Gasteiger partial charge in [-0.25, -0.2) is 4.98 Å². The molecule has 3 N–H and O–H groups in total. The highest BCUT2D eigenvalue weighted by molar-refractivity contribution is 5.52. The molecule has 0 saturated heterocycles. The van der Waals surface area contributed by atoms with Crippen LogP contribution in [-0.4, -0.2) is 18.1 Å². The molecule has 1 heterocycles. The summed E-state index contributed by atoms with van der Waals surface area (Å²) in [6, 6.07) is 13.9. The molecule has 1 atom stereocenters. The Labute approximate surface area is 120 Å². The average molecular weight is 271 g/mol. The van der Waals surface area contributed by atoms with Crippen LogP contribution in [-0.2, 0) is 5.54 Å². The van der Waals surface area contributed by atoms with Gasteiger partial charge in [-0.2, -0.15) is 0 Å². The lowest BCUT2D eigenvalue weighted by atomic mass is 9.92. The summed E-state index contributed by atoms with van der Waals surface area (Å²) in [7, 11) is 0. The molecular formula is C16H21N3O. The minimum absolute atomic E-state index is 0.387. The summed E-state index contributed by atoms with van der Waals surface area (Å²) in [5.41, 5.74) is 6.71. The maximum atomic E-state index is 5.98. The van der Waals surface area contributed by atoms with Crippen LogP contribution in [0.2, 0.25) is 0 Å². The van der Waals surface area contributed by atoms with Gasteiger partial charge in [0.15, 0.2) is 11.6 Å². The minimum atomic E-state index is -0.387. The highest BCUT2D eigenvalue weighted by Crippen LogP contribution is 2.29. The summed E-state index contributed by atoms with van der Waals surface area (Å²) in [5.74, 6) is 1.46. The molecule has 1 aromatic heterocycles. The smallest absolute Gasteiger partial charge is 0.169 e. The molecule has 0 aliphatic carbocycles. The van der Waals surface area contributed by atoms with E-state index in [1.165, 1.54) is 0 Å². The zero-order valence-electron chi connectivity index (χ0n) is 12.0. The summed E-state index contributed by atoms with van der Waals surface area (Å²) in [6.07, 6.45) is 1.74. The zero-order chi connectivity index (χ0) is 14.4. The Hall–Kier alpha value is -2.07. The summed E-state index contributed by atoms with van der Waals surface area (Å²) < 4.78 is 5.60. The van der Waals surface area contributed by atoms with Crippen LogP contribution in [0.4, 0.5) is 5.82 Å². The first-order chi connectivity index (χ1) is 9.69. The lowest BCUT2D eigenvalue weighted by Crippen LogP contribution is -2.40. The fourth-order valence-corrected chi connectivity index (χ4v) is 2.06. The molecule has 4 heteroatoms. The van der Waals surface area contributed by atoms with E-state index in [0.717, 1.165) is 11.3 Å². The number of nitrogens with one attached hydrogen (secondary N) is 1. The number of pyridine rings is 1. The molecule has 0 aliphatic heterocycles. The van der Waals surface area contributed by atoms with Crippen LogP contribution in [0.1, 0.15) is 19.4 Å². The van der Waals surface area contributed by atoms with E-state index in [-0.39, 0.29) is 5.54 Å². The van der Waals surface area contributed by atoms with Crippen molar-refractivity contribution < 1.29 is 4.74 Å². The van der Waals surface area contributed by atoms with Gasteiger partial charge in [-0.3, -0.25) is 0 Å². The van der Waals surface area contributed by atoms with Crippen molar-refractivity contribution in [2.24, 2.45) is 5.73 Å². The summed E-state index contributed by atoms with van der Waals surface area (Å²) in [5, 5.41) is 3.41. The van der Waals surface area contributed by atoms with Crippen molar-refractivity contribution in [3.63, 3.8) is 0 Å². The Bertz CT molecular complexity index is 544. The number of hydrogen-bond donors (Lipinski definition) is 2. The first kappa shape index (κ1) is 14.3. The lowest BCUT2D eigenvalue weighted by molar-refractivity contribution is 0.339. The largest absolute Gasteiger partial charge is 0.490 e. The quantitative estimate of drug-likeness (QED) is 0.848. The Morgan fingerprint density at radius 2 is 1.95 bits per heavy atom. The maximum Gasteiger partial charge on any atom is 0.169 e. The highest BCUT2D eigenvalue weighted by atomic mass is 16.5. The molecule has 106 valence electrons. The van der Waals surface area contributed by atoms with E-state index < -0.39 is 0 Å². The topological polar surface area (TPSA) is 60.2 Å². The van der Waals surface area contributed by atoms with Crippen molar-refractivity contribution in [2.75, 3.05) is 18.5 Å². The van der Waals surface area contributed by atoms with Gasteiger partial charge in [0.1, 0.15) is 0 Å². The SMILES string of the molecule is CCOc1cccnc1NC(C)(CN)c1ccccc1. The summed E-state index contributed by atoms with van der Waals surface area (Å²) in [6.45, 7) is 5.08. The average Bonchev–Trinajstić information content (AvgIpc) is 2.50. The van der Waals surface area contributed by atoms with Gasteiger partial charge in [0.2, 0.25) is 0 Å². The number of rotatable bonds is 6. The minimum Gasteiger partial charge on any atom is -0.490 e. The standard InChI is InChI=1S/C16H21N3O/c1-3-20-14-10-7-11-18-15(14)19-16(2,12-17)13-8-5-4-6-9-13/h4-11H,3,12,17H2,1-2H3,(H,18,19). The van der Waals surface area contributed by atoms with Crippen LogP contribution < -0.4 is 15.8 Å². The number of nitrogens with two attached hydrogens (primary N) is 1. The molecular weight excluding hydrogens is 250 g/mol. The van der Waals surface area contributed by atoms with Crippen molar-refractivity contribution in [3.8, 4) is 5.75 Å². The second-order valence-electron chi connectivity index (χ2n) is 4.81. The Kier molecular flexibility index (Phi) is 4.58. The van der Waals surface area contributed by atoms with E-state index >= 15 is 0 Å². The van der Waals surface area contributed by atoms with Crippen molar-refractivity contribution in [2.45, 2.75) is 19.4 Å². The molecule has 0 fully saturated rings. The predicted molar refractivity (Wildman–Crippen MR) is 81.9 cm³/mol. The highest BCUT2D eigenvalue weighted by Gasteiger charge is 2.26. The molecule has 2 aromatic rings. The molecule has 0 bridgehead atoms. The zero-order valence-corrected chi connectivity index (χ0v) is 12.0. The van der Waals surface area contributed by atoms with Crippen LogP contribution in [0.3, 0.4) is 0 Å². The first-order valence-corrected chi connectivity index (χ1v) is 6.81. The van der Waals surface area contributed by atoms with Crippen LogP contribution in [0.15, 0.2) is 48.7 Å². The fraction of sp³-hybridized carbons (Fsp3) is 0.312. The van der Waals surface area contributed by atoms with Gasteiger partial charge in [0, 0.05) is 12.7 Å². The molecule has 0 radical (unpaired) electrons. The van der Waals surface area contributed by atoms with Crippen molar-refractivity contribution >= 4 is 5.82 Å². The summed E-state index contributed by atoms with van der Waals surface area (Å²) in [4.78, 5) is 4.36. The van der Waals surface area contributed by atoms with Gasteiger partial charge >= 0.3 is 0 Å². The number of hydrogen-bond acceptors (Lipinski definition) is 4. The van der Waals surface area contributed by atoms with Gasteiger partial charge in [-0.05, 0) is 31.5 Å². The number of aromatic nitrogens is 1. The van der Waals surface area contributed by atoms with Gasteiger partial charge in [-0.15, -0.1) is 0 Å². The first-order valence-electron chi connectivity index (χ1n) is 6.81. The molecule has 0 spiro atoms. The Morgan fingerprint density at radius 3 is 2.60 bits per heavy atom. The molecule has 0 aliphatic rings. The number of anilines is 1. The van der Waals surface area contributed by atoms with Crippen molar-refractivity contribution in [1.82, 2.24) is 4.98 Å². The fourth-order valence-electron chi connectivity index (χ4n) is 2.06. The van der Waals surface area contributed by atoms with E-state index in [0.29, 0.717) is 19.0 Å². The number of nitrogens with zero attached hydrogens (tertiary/aromatic N) is 1. The molecule has 2 rings (SSSR count).